The molecule has 0 radical (unpaired) electrons. The van der Waals surface area contributed by atoms with E-state index in [9.17, 15) is 5.25 Å². The van der Waals surface area contributed by atoms with Crippen LogP contribution in [0.4, 0.5) is 5.25 Å². The minimum absolute atomic E-state index is 1.25. The van der Waals surface area contributed by atoms with E-state index in [1.165, 1.54) is 55.2 Å². The van der Waals surface area contributed by atoms with E-state index in [-0.39, 0.29) is 0 Å². The van der Waals surface area contributed by atoms with Crippen molar-refractivity contribution < 1.29 is 29.7 Å². The third-order valence-corrected chi connectivity index (χ3v) is 6.42. The molecule has 0 unspecified atom stereocenters. The summed E-state index contributed by atoms with van der Waals surface area (Å²) in [6, 6.07) is 26.0. The Morgan fingerprint density at radius 3 is 1.20 bits per heavy atom. The van der Waals surface area contributed by atoms with Crippen LogP contribution >= 0.6 is 0 Å². The summed E-state index contributed by atoms with van der Waals surface area (Å²) in [5, 5.41) is 5.46. The van der Waals surface area contributed by atoms with Crippen molar-refractivity contribution in [3.05, 3.63) is 120 Å². The first kappa shape index (κ1) is 25.1. The maximum absolute atomic E-state index is 9.80. The van der Waals surface area contributed by atoms with Gasteiger partial charge in [-0.05, 0) is 49.5 Å². The van der Waals surface area contributed by atoms with Gasteiger partial charge in [0.1, 0.15) is 0 Å². The summed E-state index contributed by atoms with van der Waals surface area (Å²) in [6.45, 7) is 8.67. The molecule has 35 heavy (non-hydrogen) atoms. The Morgan fingerprint density at radius 2 is 0.886 bits per heavy atom. The molecule has 4 aromatic carbocycles. The van der Waals surface area contributed by atoms with Crippen LogP contribution in [-0.4, -0.2) is 9.13 Å². The summed E-state index contributed by atoms with van der Waals surface area (Å²) in [5.41, 5.74) is 7.88. The summed E-state index contributed by atoms with van der Waals surface area (Å²) >= 11 is -2.77. The van der Waals surface area contributed by atoms with Gasteiger partial charge < -0.3 is 9.13 Å². The van der Waals surface area contributed by atoms with Gasteiger partial charge in [0, 0.05) is 24.8 Å². The van der Waals surface area contributed by atoms with Crippen molar-refractivity contribution in [2.45, 2.75) is 27.7 Å². The van der Waals surface area contributed by atoms with E-state index in [0.717, 1.165) is 0 Å². The van der Waals surface area contributed by atoms with Crippen LogP contribution in [0.25, 0.3) is 32.9 Å². The molecule has 0 amide bonds. The van der Waals surface area contributed by atoms with Gasteiger partial charge >= 0.3 is 29.7 Å². The summed E-state index contributed by atoms with van der Waals surface area (Å²) in [6.07, 6.45) is 8.33. The van der Waals surface area contributed by atoms with E-state index in [2.05, 4.69) is 134 Å². The molecule has 0 fully saturated rings. The fraction of sp³-hybridized carbons (Fsp3) is 0.133. The van der Waals surface area contributed by atoms with Crippen molar-refractivity contribution in [3.63, 3.8) is 0 Å². The number of benzene rings is 2. The van der Waals surface area contributed by atoms with Crippen molar-refractivity contribution in [1.82, 2.24) is 9.13 Å². The molecular weight excluding hydrogens is 518 g/mol. The van der Waals surface area contributed by atoms with E-state index in [1.807, 2.05) is 0 Å². The van der Waals surface area contributed by atoms with Crippen molar-refractivity contribution >= 4 is 21.5 Å². The molecule has 0 bridgehead atoms. The molecule has 0 saturated heterocycles. The second kappa shape index (κ2) is 11.1. The van der Waals surface area contributed by atoms with E-state index in [1.54, 1.807) is 0 Å². The molecule has 0 aliphatic rings. The maximum atomic E-state index is 9.80. The summed E-state index contributed by atoms with van der Waals surface area (Å²) < 4.78 is 23.9. The van der Waals surface area contributed by atoms with Gasteiger partial charge in [-0.15, -0.1) is 69.1 Å². The first-order chi connectivity index (χ1) is 16.9. The minimum atomic E-state index is -2.77. The van der Waals surface area contributed by atoms with Crippen LogP contribution in [-0.2, 0) is 24.5 Å². The predicted octanol–water partition coefficient (Wildman–Crippen LogP) is 8.77. The summed E-state index contributed by atoms with van der Waals surface area (Å²) in [7, 11) is 0. The molecule has 5 heteroatoms. The number of hydrogen-bond acceptors (Lipinski definition) is 0. The topological polar surface area (TPSA) is 9.86 Å². The zero-order valence-electron chi connectivity index (χ0n) is 20.4. The molecule has 0 aliphatic carbocycles. The molecule has 2 aromatic heterocycles. The number of rotatable bonds is 2. The Labute approximate surface area is 218 Å². The second-order valence-corrected chi connectivity index (χ2v) is 9.08. The second-order valence-electron chi connectivity index (χ2n) is 8.73. The standard InChI is InChI=1S/2C15H14N.2FH.Zr/c2*1-11-5-6-12(2)15-10-13(9-14(11)15)16-7-3-4-8-16;;;/h2*3-10H,1-2H3;2*1H;/q2*-1;;;+4/p-2. The van der Waals surface area contributed by atoms with Crippen LogP contribution in [0.2, 0.25) is 0 Å². The molecule has 2 nitrogen and oxygen atoms in total. The average Bonchev–Trinajstić information content (AvgIpc) is 3.64. The molecule has 6 aromatic rings. The number of hydrogen-bond donors (Lipinski definition) is 0. The van der Waals surface area contributed by atoms with Crippen LogP contribution in [0, 0.1) is 27.7 Å². The van der Waals surface area contributed by atoms with Gasteiger partial charge in [0.05, 0.1) is 0 Å². The van der Waals surface area contributed by atoms with Gasteiger partial charge in [0.15, 0.2) is 0 Å². The van der Waals surface area contributed by atoms with E-state index in [0.29, 0.717) is 0 Å². The van der Waals surface area contributed by atoms with E-state index in [4.69, 9.17) is 0 Å². The van der Waals surface area contributed by atoms with Crippen LogP contribution in [0.5, 0.6) is 0 Å². The van der Waals surface area contributed by atoms with Gasteiger partial charge in [0.25, 0.3) is 0 Å². The molecule has 0 N–H and O–H groups in total. The molecule has 176 valence electrons. The van der Waals surface area contributed by atoms with Gasteiger partial charge in [-0.1, -0.05) is 37.1 Å². The van der Waals surface area contributed by atoms with Crippen molar-refractivity contribution in [1.29, 1.82) is 0 Å². The van der Waals surface area contributed by atoms with Crippen LogP contribution in [0.1, 0.15) is 22.3 Å². The first-order valence-corrected chi connectivity index (χ1v) is 13.3. The van der Waals surface area contributed by atoms with Crippen LogP contribution in [0.3, 0.4) is 0 Å². The number of halogens is 2. The fourth-order valence-electron chi connectivity index (χ4n) is 4.46. The van der Waals surface area contributed by atoms with Gasteiger partial charge in [-0.25, -0.2) is 0 Å². The Morgan fingerprint density at radius 1 is 0.571 bits per heavy atom. The molecule has 0 spiro atoms. The predicted molar refractivity (Wildman–Crippen MR) is 139 cm³/mol. The Bertz CT molecular complexity index is 1330. The van der Waals surface area contributed by atoms with Crippen LogP contribution in [0.15, 0.2) is 97.6 Å². The number of fused-ring (bicyclic) bond motifs is 2. The van der Waals surface area contributed by atoms with E-state index >= 15 is 0 Å². The molecule has 0 atom stereocenters. The third kappa shape index (κ3) is 5.46. The quantitative estimate of drug-likeness (QED) is 0.193. The third-order valence-electron chi connectivity index (χ3n) is 6.42. The van der Waals surface area contributed by atoms with Gasteiger partial charge in [0.2, 0.25) is 0 Å². The first-order valence-electron chi connectivity index (χ1n) is 11.5. The van der Waals surface area contributed by atoms with Crippen molar-refractivity contribution in [2.75, 3.05) is 0 Å². The average molecular weight is 546 g/mol. The summed E-state index contributed by atoms with van der Waals surface area (Å²) in [4.78, 5) is 0. The fourth-order valence-corrected chi connectivity index (χ4v) is 4.46. The Balaban J connectivity index is 0.000000149. The Hall–Kier alpha value is -3.04. The van der Waals surface area contributed by atoms with E-state index < -0.39 is 24.5 Å². The molecular formula is C30H28F2N2Zr. The number of nitrogens with zero attached hydrogens (tertiary/aromatic N) is 2. The van der Waals surface area contributed by atoms with Crippen molar-refractivity contribution in [3.8, 4) is 11.4 Å². The summed E-state index contributed by atoms with van der Waals surface area (Å²) in [5.74, 6) is 0. The zero-order chi connectivity index (χ0) is 24.9. The Kier molecular flexibility index (Phi) is 7.98. The number of aryl methyl sites for hydroxylation is 4. The zero-order valence-corrected chi connectivity index (χ0v) is 22.8. The normalized spacial score (nSPS) is 10.5. The number of aromatic nitrogens is 2. The molecule has 6 rings (SSSR count). The van der Waals surface area contributed by atoms with Crippen molar-refractivity contribution in [2.24, 2.45) is 0 Å². The van der Waals surface area contributed by atoms with Gasteiger partial charge in [-0.2, -0.15) is 0 Å². The molecule has 0 saturated carbocycles. The molecule has 0 aliphatic heterocycles. The monoisotopic (exact) mass is 544 g/mol. The molecule has 2 heterocycles. The van der Waals surface area contributed by atoms with Crippen LogP contribution < -0.4 is 0 Å². The SMILES string of the molecule is Cc1ccc(C)c2[cH-]c(-n3cccc3)cc12.Cc1ccc(C)c2[cH-]c(-n3cccc3)cc12.[F][Zr+2][F]. The van der Waals surface area contributed by atoms with Gasteiger partial charge in [-0.3, -0.25) is 0 Å².